The van der Waals surface area contributed by atoms with Gasteiger partial charge in [0.15, 0.2) is 5.96 Å². The fourth-order valence-electron chi connectivity index (χ4n) is 2.33. The zero-order valence-corrected chi connectivity index (χ0v) is 13.0. The lowest BCUT2D eigenvalue weighted by molar-refractivity contribution is 0.201. The van der Waals surface area contributed by atoms with E-state index in [1.807, 2.05) is 18.3 Å². The molecule has 1 aliphatic carbocycles. The molecular formula is C16H26N4O. The number of pyridine rings is 1. The summed E-state index contributed by atoms with van der Waals surface area (Å²) in [6.45, 7) is 4.73. The molecule has 0 saturated heterocycles. The molecule has 21 heavy (non-hydrogen) atoms. The van der Waals surface area contributed by atoms with Crippen molar-refractivity contribution < 1.29 is 4.74 Å². The maximum absolute atomic E-state index is 5.84. The van der Waals surface area contributed by atoms with Crippen LogP contribution in [0.25, 0.3) is 0 Å². The van der Waals surface area contributed by atoms with Crippen LogP contribution in [-0.4, -0.2) is 23.1 Å². The van der Waals surface area contributed by atoms with Crippen molar-refractivity contribution in [2.24, 2.45) is 10.7 Å². The predicted molar refractivity (Wildman–Crippen MR) is 85.3 cm³/mol. The first-order valence-electron chi connectivity index (χ1n) is 7.85. The Bertz CT molecular complexity index is 452. The van der Waals surface area contributed by atoms with Gasteiger partial charge >= 0.3 is 0 Å². The lowest BCUT2D eigenvalue weighted by Gasteiger charge is -2.12. The topological polar surface area (TPSA) is 72.5 Å². The lowest BCUT2D eigenvalue weighted by Crippen LogP contribution is -2.38. The maximum Gasteiger partial charge on any atom is 0.213 e. The fraction of sp³-hybridized carbons (Fsp3) is 0.625. The minimum Gasteiger partial charge on any atom is -0.474 e. The van der Waals surface area contributed by atoms with Crippen LogP contribution in [-0.2, 0) is 6.54 Å². The van der Waals surface area contributed by atoms with Crippen molar-refractivity contribution in [2.75, 3.05) is 0 Å². The van der Waals surface area contributed by atoms with E-state index in [9.17, 15) is 0 Å². The number of hydrogen-bond donors (Lipinski definition) is 2. The van der Waals surface area contributed by atoms with E-state index in [2.05, 4.69) is 29.1 Å². The molecule has 1 fully saturated rings. The summed E-state index contributed by atoms with van der Waals surface area (Å²) in [5.74, 6) is 1.19. The third-order valence-corrected chi connectivity index (χ3v) is 3.83. The molecular weight excluding hydrogens is 264 g/mol. The molecule has 1 unspecified atom stereocenters. The Kier molecular flexibility index (Phi) is 5.84. The Hall–Kier alpha value is -1.78. The highest BCUT2D eigenvalue weighted by Crippen LogP contribution is 2.22. The first-order chi connectivity index (χ1) is 10.2. The van der Waals surface area contributed by atoms with Gasteiger partial charge in [0.1, 0.15) is 6.10 Å². The Labute approximate surface area is 127 Å². The van der Waals surface area contributed by atoms with Crippen molar-refractivity contribution in [1.29, 1.82) is 0 Å². The second kappa shape index (κ2) is 7.86. The maximum atomic E-state index is 5.84. The van der Waals surface area contributed by atoms with Crippen LogP contribution in [0.3, 0.4) is 0 Å². The number of nitrogens with two attached hydrogens (primary N) is 1. The molecule has 0 aromatic carbocycles. The number of ether oxygens (including phenoxy) is 1. The van der Waals surface area contributed by atoms with Crippen molar-refractivity contribution in [1.82, 2.24) is 10.3 Å². The van der Waals surface area contributed by atoms with Gasteiger partial charge in [-0.15, -0.1) is 0 Å². The SMILES string of the molecule is CCC(C)NC(N)=NCc1ccc(OC2CCCC2)nc1. The van der Waals surface area contributed by atoms with E-state index >= 15 is 0 Å². The van der Waals surface area contributed by atoms with Crippen LogP contribution in [0.1, 0.15) is 51.5 Å². The van der Waals surface area contributed by atoms with Gasteiger partial charge in [0, 0.05) is 18.3 Å². The minimum absolute atomic E-state index is 0.342. The molecule has 2 rings (SSSR count). The molecule has 3 N–H and O–H groups in total. The summed E-state index contributed by atoms with van der Waals surface area (Å²) in [5.41, 5.74) is 6.86. The van der Waals surface area contributed by atoms with Gasteiger partial charge in [-0.2, -0.15) is 0 Å². The highest BCUT2D eigenvalue weighted by Gasteiger charge is 2.16. The quantitative estimate of drug-likeness (QED) is 0.624. The molecule has 0 radical (unpaired) electrons. The smallest absolute Gasteiger partial charge is 0.213 e. The monoisotopic (exact) mass is 290 g/mol. The van der Waals surface area contributed by atoms with Crippen molar-refractivity contribution in [3.05, 3.63) is 23.9 Å². The highest BCUT2D eigenvalue weighted by atomic mass is 16.5. The van der Waals surface area contributed by atoms with Crippen molar-refractivity contribution in [3.8, 4) is 5.88 Å². The Morgan fingerprint density at radius 1 is 1.48 bits per heavy atom. The molecule has 5 heteroatoms. The molecule has 0 aliphatic heterocycles. The molecule has 1 atom stereocenters. The van der Waals surface area contributed by atoms with Gasteiger partial charge < -0.3 is 15.8 Å². The summed E-state index contributed by atoms with van der Waals surface area (Å²) in [4.78, 5) is 8.66. The molecule has 1 heterocycles. The summed E-state index contributed by atoms with van der Waals surface area (Å²) >= 11 is 0. The number of hydrogen-bond acceptors (Lipinski definition) is 3. The molecule has 1 aromatic heterocycles. The largest absolute Gasteiger partial charge is 0.474 e. The summed E-state index contributed by atoms with van der Waals surface area (Å²) in [5, 5.41) is 3.14. The molecule has 5 nitrogen and oxygen atoms in total. The Balaban J connectivity index is 1.82. The lowest BCUT2D eigenvalue weighted by atomic mass is 10.2. The first-order valence-corrected chi connectivity index (χ1v) is 7.85. The highest BCUT2D eigenvalue weighted by molar-refractivity contribution is 5.78. The van der Waals surface area contributed by atoms with Gasteiger partial charge in [-0.05, 0) is 44.6 Å². The van der Waals surface area contributed by atoms with E-state index < -0.39 is 0 Å². The van der Waals surface area contributed by atoms with Crippen LogP contribution >= 0.6 is 0 Å². The molecule has 116 valence electrons. The average Bonchev–Trinajstić information content (AvgIpc) is 2.99. The minimum atomic E-state index is 0.342. The summed E-state index contributed by atoms with van der Waals surface area (Å²) < 4.78 is 5.84. The van der Waals surface area contributed by atoms with Gasteiger partial charge in [0.25, 0.3) is 0 Å². The third-order valence-electron chi connectivity index (χ3n) is 3.83. The van der Waals surface area contributed by atoms with E-state index in [-0.39, 0.29) is 0 Å². The Morgan fingerprint density at radius 3 is 2.86 bits per heavy atom. The van der Waals surface area contributed by atoms with E-state index in [0.717, 1.165) is 24.8 Å². The second-order valence-electron chi connectivity index (χ2n) is 5.68. The van der Waals surface area contributed by atoms with Gasteiger partial charge in [-0.25, -0.2) is 9.98 Å². The number of aromatic nitrogens is 1. The van der Waals surface area contributed by atoms with Crippen LogP contribution in [0.2, 0.25) is 0 Å². The van der Waals surface area contributed by atoms with Crippen LogP contribution in [0, 0.1) is 0 Å². The molecule has 0 spiro atoms. The molecule has 1 aromatic rings. The predicted octanol–water partition coefficient (Wildman–Crippen LogP) is 2.61. The molecule has 0 amide bonds. The van der Waals surface area contributed by atoms with Gasteiger partial charge in [-0.1, -0.05) is 13.0 Å². The van der Waals surface area contributed by atoms with Crippen molar-refractivity contribution in [2.45, 2.75) is 64.6 Å². The van der Waals surface area contributed by atoms with Crippen LogP contribution in [0.5, 0.6) is 5.88 Å². The van der Waals surface area contributed by atoms with Crippen molar-refractivity contribution >= 4 is 5.96 Å². The standard InChI is InChI=1S/C16H26N4O/c1-3-12(2)20-16(17)19-11-13-8-9-15(18-10-13)21-14-6-4-5-7-14/h8-10,12,14H,3-7,11H2,1-2H3,(H3,17,19,20). The number of guanidine groups is 1. The van der Waals surface area contributed by atoms with E-state index in [1.54, 1.807) is 0 Å². The van der Waals surface area contributed by atoms with Crippen LogP contribution < -0.4 is 15.8 Å². The van der Waals surface area contributed by atoms with Crippen molar-refractivity contribution in [3.63, 3.8) is 0 Å². The zero-order chi connectivity index (χ0) is 15.1. The third kappa shape index (κ3) is 5.25. The molecule has 1 saturated carbocycles. The van der Waals surface area contributed by atoms with Gasteiger partial charge in [0.05, 0.1) is 6.54 Å². The summed E-state index contributed by atoms with van der Waals surface area (Å²) in [6, 6.07) is 4.26. The molecule has 1 aliphatic rings. The Morgan fingerprint density at radius 2 is 2.24 bits per heavy atom. The van der Waals surface area contributed by atoms with E-state index in [4.69, 9.17) is 10.5 Å². The number of rotatable bonds is 6. The van der Waals surface area contributed by atoms with E-state index in [1.165, 1.54) is 12.8 Å². The summed E-state index contributed by atoms with van der Waals surface area (Å²) in [7, 11) is 0. The van der Waals surface area contributed by atoms with Crippen LogP contribution in [0.15, 0.2) is 23.3 Å². The zero-order valence-electron chi connectivity index (χ0n) is 13.0. The van der Waals surface area contributed by atoms with Gasteiger partial charge in [0.2, 0.25) is 5.88 Å². The second-order valence-corrected chi connectivity index (χ2v) is 5.68. The van der Waals surface area contributed by atoms with Gasteiger partial charge in [-0.3, -0.25) is 0 Å². The number of nitrogens with zero attached hydrogens (tertiary/aromatic N) is 2. The molecule has 0 bridgehead atoms. The number of nitrogens with one attached hydrogen (secondary N) is 1. The number of aliphatic imine (C=N–C) groups is 1. The van der Waals surface area contributed by atoms with E-state index in [0.29, 0.717) is 30.5 Å². The fourth-order valence-corrected chi connectivity index (χ4v) is 2.33. The average molecular weight is 290 g/mol. The normalized spacial score (nSPS) is 17.7. The van der Waals surface area contributed by atoms with Crippen LogP contribution in [0.4, 0.5) is 0 Å². The summed E-state index contributed by atoms with van der Waals surface area (Å²) in [6.07, 6.45) is 7.99. The first kappa shape index (κ1) is 15.6.